The van der Waals surface area contributed by atoms with Crippen molar-refractivity contribution in [2.45, 2.75) is 44.7 Å². The summed E-state index contributed by atoms with van der Waals surface area (Å²) in [6.07, 6.45) is 1.93. The minimum atomic E-state index is -3.89. The van der Waals surface area contributed by atoms with Gasteiger partial charge in [-0.3, -0.25) is 4.79 Å². The van der Waals surface area contributed by atoms with Crippen LogP contribution >= 0.6 is 27.5 Å². The average molecular weight is 541 g/mol. The van der Waals surface area contributed by atoms with Gasteiger partial charge < -0.3 is 4.74 Å². The molecule has 172 valence electrons. The highest BCUT2D eigenvalue weighted by atomic mass is 79.9. The first-order valence-corrected chi connectivity index (χ1v) is 13.2. The molecule has 0 radical (unpaired) electrons. The number of alkyl halides is 1. The van der Waals surface area contributed by atoms with Crippen LogP contribution in [0, 0.1) is 12.3 Å². The van der Waals surface area contributed by atoms with E-state index in [0.29, 0.717) is 10.6 Å². The SMILES string of the molecule is Cc1ccccc1S(=O)(=O)N1C(C(C)(C)C)C=C(COC(=O)CBr)[C@@H]1c1ccc(Cl)cc1. The number of carbonyl (C=O) groups excluding carboxylic acids is 1. The summed E-state index contributed by atoms with van der Waals surface area (Å²) < 4.78 is 35.1. The van der Waals surface area contributed by atoms with Gasteiger partial charge in [-0.15, -0.1) is 0 Å². The van der Waals surface area contributed by atoms with E-state index < -0.39 is 33.5 Å². The Morgan fingerprint density at radius 3 is 2.31 bits per heavy atom. The van der Waals surface area contributed by atoms with Gasteiger partial charge in [0.2, 0.25) is 10.0 Å². The predicted molar refractivity (Wildman–Crippen MR) is 130 cm³/mol. The van der Waals surface area contributed by atoms with Crippen LogP contribution in [-0.2, 0) is 19.6 Å². The van der Waals surface area contributed by atoms with E-state index in [-0.39, 0.29) is 16.8 Å². The first-order valence-electron chi connectivity index (χ1n) is 10.2. The van der Waals surface area contributed by atoms with E-state index >= 15 is 0 Å². The zero-order valence-electron chi connectivity index (χ0n) is 18.5. The van der Waals surface area contributed by atoms with E-state index in [4.69, 9.17) is 16.3 Å². The maximum atomic E-state index is 14.1. The Hall–Kier alpha value is -1.67. The van der Waals surface area contributed by atoms with Crippen LogP contribution in [0.15, 0.2) is 65.1 Å². The van der Waals surface area contributed by atoms with Crippen molar-refractivity contribution in [1.82, 2.24) is 4.31 Å². The van der Waals surface area contributed by atoms with E-state index in [0.717, 1.165) is 11.1 Å². The minimum absolute atomic E-state index is 0.00407. The summed E-state index contributed by atoms with van der Waals surface area (Å²) in [5.41, 5.74) is 1.76. The molecule has 1 aliphatic heterocycles. The molecule has 2 aromatic carbocycles. The molecule has 32 heavy (non-hydrogen) atoms. The molecular formula is C24H27BrClNO4S. The lowest BCUT2D eigenvalue weighted by Gasteiger charge is -2.37. The van der Waals surface area contributed by atoms with Crippen molar-refractivity contribution in [3.8, 4) is 0 Å². The monoisotopic (exact) mass is 539 g/mol. The van der Waals surface area contributed by atoms with Gasteiger partial charge in [-0.25, -0.2) is 8.42 Å². The highest BCUT2D eigenvalue weighted by Gasteiger charge is 2.48. The fraction of sp³-hybridized carbons (Fsp3) is 0.375. The highest BCUT2D eigenvalue weighted by molar-refractivity contribution is 9.09. The Morgan fingerprint density at radius 1 is 1.12 bits per heavy atom. The number of nitrogens with zero attached hydrogens (tertiary/aromatic N) is 1. The van der Waals surface area contributed by atoms with E-state index in [1.165, 1.54) is 0 Å². The summed E-state index contributed by atoms with van der Waals surface area (Å²) in [6, 6.07) is 13.0. The molecule has 1 heterocycles. The number of benzene rings is 2. The Labute approximate surface area is 203 Å². The van der Waals surface area contributed by atoms with Crippen LogP contribution in [-0.4, -0.2) is 36.7 Å². The molecule has 0 fully saturated rings. The molecule has 5 nitrogen and oxygen atoms in total. The highest BCUT2D eigenvalue weighted by Crippen LogP contribution is 2.46. The smallest absolute Gasteiger partial charge is 0.316 e. The largest absolute Gasteiger partial charge is 0.460 e. The minimum Gasteiger partial charge on any atom is -0.460 e. The predicted octanol–water partition coefficient (Wildman–Crippen LogP) is 5.67. The van der Waals surface area contributed by atoms with E-state index in [1.807, 2.05) is 45.0 Å². The number of carbonyl (C=O) groups is 1. The van der Waals surface area contributed by atoms with Gasteiger partial charge in [0, 0.05) is 11.1 Å². The third kappa shape index (κ3) is 5.11. The molecule has 0 aromatic heterocycles. The first-order chi connectivity index (χ1) is 15.0. The number of ether oxygens (including phenoxy) is 1. The topological polar surface area (TPSA) is 63.7 Å². The molecule has 0 amide bonds. The number of rotatable bonds is 6. The van der Waals surface area contributed by atoms with Crippen LogP contribution in [0.25, 0.3) is 0 Å². The fourth-order valence-electron chi connectivity index (χ4n) is 3.91. The average Bonchev–Trinajstić information content (AvgIpc) is 3.13. The zero-order chi connectivity index (χ0) is 23.7. The third-order valence-electron chi connectivity index (χ3n) is 5.48. The molecule has 0 bridgehead atoms. The van der Waals surface area contributed by atoms with Crippen molar-refractivity contribution in [3.63, 3.8) is 0 Å². The van der Waals surface area contributed by atoms with Gasteiger partial charge in [0.05, 0.1) is 10.9 Å². The van der Waals surface area contributed by atoms with E-state index in [9.17, 15) is 13.2 Å². The van der Waals surface area contributed by atoms with Crippen molar-refractivity contribution < 1.29 is 17.9 Å². The summed E-state index contributed by atoms with van der Waals surface area (Å²) in [5, 5.41) is 0.628. The fourth-order valence-corrected chi connectivity index (χ4v) is 6.36. The second-order valence-electron chi connectivity index (χ2n) is 8.90. The molecule has 0 aliphatic carbocycles. The second kappa shape index (κ2) is 9.67. The lowest BCUT2D eigenvalue weighted by Crippen LogP contribution is -2.45. The molecule has 0 saturated heterocycles. The second-order valence-corrected chi connectivity index (χ2v) is 11.7. The van der Waals surface area contributed by atoms with Crippen LogP contribution in [0.5, 0.6) is 0 Å². The van der Waals surface area contributed by atoms with Gasteiger partial charge in [-0.2, -0.15) is 4.31 Å². The number of hydrogen-bond donors (Lipinski definition) is 0. The summed E-state index contributed by atoms with van der Waals surface area (Å²) in [6.45, 7) is 7.80. The van der Waals surface area contributed by atoms with Crippen LogP contribution < -0.4 is 0 Å². The molecule has 0 N–H and O–H groups in total. The molecule has 8 heteroatoms. The van der Waals surface area contributed by atoms with Crippen LogP contribution in [0.2, 0.25) is 5.02 Å². The molecule has 0 saturated carbocycles. The quantitative estimate of drug-likeness (QED) is 0.269. The van der Waals surface area contributed by atoms with Crippen LogP contribution in [0.1, 0.15) is 37.9 Å². The molecule has 2 aromatic rings. The molecule has 1 unspecified atom stereocenters. The van der Waals surface area contributed by atoms with Crippen molar-refractivity contribution in [2.24, 2.45) is 5.41 Å². The summed E-state index contributed by atoms with van der Waals surface area (Å²) in [5.74, 6) is -0.409. The van der Waals surface area contributed by atoms with Gasteiger partial charge >= 0.3 is 5.97 Å². The summed E-state index contributed by atoms with van der Waals surface area (Å²) >= 11 is 9.20. The Morgan fingerprint density at radius 2 is 1.75 bits per heavy atom. The molecule has 1 aliphatic rings. The maximum Gasteiger partial charge on any atom is 0.316 e. The third-order valence-corrected chi connectivity index (χ3v) is 8.20. The molecule has 3 rings (SSSR count). The summed E-state index contributed by atoms with van der Waals surface area (Å²) in [4.78, 5) is 12.1. The van der Waals surface area contributed by atoms with E-state index in [2.05, 4.69) is 15.9 Å². The van der Waals surface area contributed by atoms with Gasteiger partial charge in [0.1, 0.15) is 11.9 Å². The van der Waals surface area contributed by atoms with Gasteiger partial charge in [-0.1, -0.05) is 84.7 Å². The Balaban J connectivity index is 2.19. The van der Waals surface area contributed by atoms with Gasteiger partial charge in [0.25, 0.3) is 0 Å². The van der Waals surface area contributed by atoms with Crippen molar-refractivity contribution in [3.05, 3.63) is 76.3 Å². The number of esters is 1. The van der Waals surface area contributed by atoms with Crippen molar-refractivity contribution in [1.29, 1.82) is 0 Å². The Bertz CT molecular complexity index is 1120. The van der Waals surface area contributed by atoms with Gasteiger partial charge in [0.15, 0.2) is 0 Å². The lowest BCUT2D eigenvalue weighted by atomic mass is 9.87. The zero-order valence-corrected chi connectivity index (χ0v) is 21.7. The van der Waals surface area contributed by atoms with Crippen molar-refractivity contribution in [2.75, 3.05) is 11.9 Å². The number of sulfonamides is 1. The number of halogens is 2. The van der Waals surface area contributed by atoms with Gasteiger partial charge in [-0.05, 0) is 47.2 Å². The van der Waals surface area contributed by atoms with Crippen molar-refractivity contribution >= 4 is 43.5 Å². The van der Waals surface area contributed by atoms with Crippen LogP contribution in [0.4, 0.5) is 0 Å². The molecule has 2 atom stereocenters. The standard InChI is InChI=1S/C24H27BrClNO4S/c1-16-7-5-6-8-20(16)32(29,30)27-21(24(2,3)4)13-18(15-31-22(28)14-25)23(27)17-9-11-19(26)12-10-17/h5-13,21,23H,14-15H2,1-4H3/t21?,23-/m0/s1. The maximum absolute atomic E-state index is 14.1. The Kier molecular flexibility index (Phi) is 7.55. The first kappa shape index (κ1) is 25.0. The van der Waals surface area contributed by atoms with Crippen LogP contribution in [0.3, 0.4) is 0 Å². The number of aryl methyl sites for hydroxylation is 1. The van der Waals surface area contributed by atoms with E-state index in [1.54, 1.807) is 41.6 Å². The normalized spacial score (nSPS) is 19.6. The molecule has 0 spiro atoms. The summed E-state index contributed by atoms with van der Waals surface area (Å²) in [7, 11) is -3.89. The molecular weight excluding hydrogens is 514 g/mol. The number of hydrogen-bond acceptors (Lipinski definition) is 4. The lowest BCUT2D eigenvalue weighted by molar-refractivity contribution is -0.139.